The second kappa shape index (κ2) is 5.61. The number of carbonyl (C=O) groups is 2. The van der Waals surface area contributed by atoms with Gasteiger partial charge in [0.25, 0.3) is 11.8 Å². The van der Waals surface area contributed by atoms with Gasteiger partial charge in [-0.3, -0.25) is 9.59 Å². The van der Waals surface area contributed by atoms with Crippen molar-refractivity contribution in [2.24, 2.45) is 0 Å². The van der Waals surface area contributed by atoms with Crippen LogP contribution in [0.1, 0.15) is 20.7 Å². The highest BCUT2D eigenvalue weighted by molar-refractivity contribution is 9.11. The molecule has 1 aliphatic rings. The van der Waals surface area contributed by atoms with Gasteiger partial charge in [-0.25, -0.2) is 4.90 Å². The zero-order chi connectivity index (χ0) is 15.0. The van der Waals surface area contributed by atoms with E-state index in [1.54, 1.807) is 30.3 Å². The van der Waals surface area contributed by atoms with E-state index in [4.69, 9.17) is 4.74 Å². The lowest BCUT2D eigenvalue weighted by Gasteiger charge is -2.15. The quantitative estimate of drug-likeness (QED) is 0.722. The first-order valence-electron chi connectivity index (χ1n) is 6.11. The standard InChI is InChI=1S/C15H9Br2NO3/c16-9-5-6-13(12(17)7-9)21-8-18-14(19)10-3-1-2-4-11(10)15(18)20/h1-7H,8H2. The molecule has 2 amide bonds. The molecule has 0 saturated carbocycles. The molecule has 21 heavy (non-hydrogen) atoms. The van der Waals surface area contributed by atoms with Gasteiger partial charge in [0.05, 0.1) is 15.6 Å². The highest BCUT2D eigenvalue weighted by atomic mass is 79.9. The van der Waals surface area contributed by atoms with Crippen LogP contribution in [0.15, 0.2) is 51.4 Å². The van der Waals surface area contributed by atoms with E-state index >= 15 is 0 Å². The zero-order valence-corrected chi connectivity index (χ0v) is 13.8. The summed E-state index contributed by atoms with van der Waals surface area (Å²) in [7, 11) is 0. The minimum Gasteiger partial charge on any atom is -0.471 e. The van der Waals surface area contributed by atoms with Gasteiger partial charge in [-0.15, -0.1) is 0 Å². The molecule has 2 aromatic carbocycles. The number of nitrogens with zero attached hydrogens (tertiary/aromatic N) is 1. The Hall–Kier alpha value is -1.66. The Kier molecular flexibility index (Phi) is 3.82. The fourth-order valence-electron chi connectivity index (χ4n) is 2.08. The van der Waals surface area contributed by atoms with Gasteiger partial charge in [-0.1, -0.05) is 28.1 Å². The average Bonchev–Trinajstić information content (AvgIpc) is 2.71. The highest BCUT2D eigenvalue weighted by Crippen LogP contribution is 2.29. The Morgan fingerprint density at radius 3 is 2.14 bits per heavy atom. The van der Waals surface area contributed by atoms with Gasteiger partial charge in [0, 0.05) is 4.47 Å². The number of benzene rings is 2. The number of fused-ring (bicyclic) bond motifs is 1. The van der Waals surface area contributed by atoms with E-state index in [-0.39, 0.29) is 18.5 Å². The number of amides is 2. The molecular formula is C15H9Br2NO3. The number of ether oxygens (including phenoxy) is 1. The van der Waals surface area contributed by atoms with E-state index in [2.05, 4.69) is 31.9 Å². The number of halogens is 2. The van der Waals surface area contributed by atoms with Crippen LogP contribution in [0.2, 0.25) is 0 Å². The molecule has 0 fully saturated rings. The summed E-state index contributed by atoms with van der Waals surface area (Å²) < 4.78 is 7.21. The van der Waals surface area contributed by atoms with Gasteiger partial charge in [-0.2, -0.15) is 0 Å². The summed E-state index contributed by atoms with van der Waals surface area (Å²) in [5, 5.41) is 0. The maximum absolute atomic E-state index is 12.2. The Morgan fingerprint density at radius 1 is 0.952 bits per heavy atom. The lowest BCUT2D eigenvalue weighted by molar-refractivity contribution is 0.0521. The first-order valence-corrected chi connectivity index (χ1v) is 7.69. The van der Waals surface area contributed by atoms with E-state index in [0.29, 0.717) is 16.9 Å². The topological polar surface area (TPSA) is 46.6 Å². The summed E-state index contributed by atoms with van der Waals surface area (Å²) in [5.41, 5.74) is 0.835. The molecule has 106 valence electrons. The predicted octanol–water partition coefficient (Wildman–Crippen LogP) is 3.84. The fourth-order valence-corrected chi connectivity index (χ4v) is 3.24. The van der Waals surface area contributed by atoms with Crippen LogP contribution < -0.4 is 4.74 Å². The largest absolute Gasteiger partial charge is 0.471 e. The van der Waals surface area contributed by atoms with Crippen LogP contribution >= 0.6 is 31.9 Å². The second-order valence-electron chi connectivity index (χ2n) is 4.43. The van der Waals surface area contributed by atoms with Crippen LogP contribution in [0.3, 0.4) is 0 Å². The predicted molar refractivity (Wildman–Crippen MR) is 84.3 cm³/mol. The van der Waals surface area contributed by atoms with E-state index in [9.17, 15) is 9.59 Å². The van der Waals surface area contributed by atoms with Crippen molar-refractivity contribution in [2.45, 2.75) is 0 Å². The van der Waals surface area contributed by atoms with Crippen molar-refractivity contribution in [3.63, 3.8) is 0 Å². The smallest absolute Gasteiger partial charge is 0.264 e. The molecule has 0 saturated heterocycles. The fraction of sp³-hybridized carbons (Fsp3) is 0.0667. The molecule has 0 N–H and O–H groups in total. The first kappa shape index (κ1) is 14.3. The average molecular weight is 411 g/mol. The summed E-state index contributed by atoms with van der Waals surface area (Å²) >= 11 is 6.72. The molecule has 6 heteroatoms. The number of imide groups is 1. The number of hydrogen-bond acceptors (Lipinski definition) is 3. The van der Waals surface area contributed by atoms with Gasteiger partial charge < -0.3 is 4.74 Å². The van der Waals surface area contributed by atoms with Crippen molar-refractivity contribution in [3.05, 3.63) is 62.5 Å². The summed E-state index contributed by atoms with van der Waals surface area (Å²) in [4.78, 5) is 25.4. The van der Waals surface area contributed by atoms with E-state index in [1.807, 2.05) is 12.1 Å². The highest BCUT2D eigenvalue weighted by Gasteiger charge is 2.35. The van der Waals surface area contributed by atoms with Gasteiger partial charge >= 0.3 is 0 Å². The van der Waals surface area contributed by atoms with E-state index in [1.165, 1.54) is 0 Å². The molecule has 0 unspecified atom stereocenters. The normalized spacial score (nSPS) is 13.5. The number of rotatable bonds is 3. The van der Waals surface area contributed by atoms with Crippen LogP contribution in [0.25, 0.3) is 0 Å². The van der Waals surface area contributed by atoms with Crippen molar-refractivity contribution in [1.29, 1.82) is 0 Å². The second-order valence-corrected chi connectivity index (χ2v) is 6.20. The Balaban J connectivity index is 1.78. The van der Waals surface area contributed by atoms with E-state index < -0.39 is 0 Å². The van der Waals surface area contributed by atoms with Crippen LogP contribution in [0.5, 0.6) is 5.75 Å². The van der Waals surface area contributed by atoms with Crippen LogP contribution in [-0.2, 0) is 0 Å². The molecule has 0 bridgehead atoms. The molecule has 1 heterocycles. The zero-order valence-electron chi connectivity index (χ0n) is 10.7. The SMILES string of the molecule is O=C1c2ccccc2C(=O)N1COc1ccc(Br)cc1Br. The van der Waals surface area contributed by atoms with Crippen molar-refractivity contribution >= 4 is 43.7 Å². The third kappa shape index (κ3) is 2.61. The maximum Gasteiger partial charge on any atom is 0.264 e. The molecule has 0 radical (unpaired) electrons. The molecule has 0 aliphatic carbocycles. The molecule has 2 aromatic rings. The molecule has 3 rings (SSSR count). The Labute approximate surface area is 138 Å². The van der Waals surface area contributed by atoms with Crippen molar-refractivity contribution < 1.29 is 14.3 Å². The lowest BCUT2D eigenvalue weighted by atomic mass is 10.1. The lowest BCUT2D eigenvalue weighted by Crippen LogP contribution is -2.33. The Morgan fingerprint density at radius 2 is 1.57 bits per heavy atom. The van der Waals surface area contributed by atoms with Gasteiger partial charge in [0.15, 0.2) is 6.73 Å². The van der Waals surface area contributed by atoms with Gasteiger partial charge in [0.1, 0.15) is 5.75 Å². The van der Waals surface area contributed by atoms with E-state index in [0.717, 1.165) is 13.8 Å². The third-order valence-electron chi connectivity index (χ3n) is 3.12. The van der Waals surface area contributed by atoms with Crippen LogP contribution in [0.4, 0.5) is 0 Å². The number of carbonyl (C=O) groups excluding carboxylic acids is 2. The summed E-state index contributed by atoms with van der Waals surface area (Å²) in [6.45, 7) is -0.118. The number of hydrogen-bond donors (Lipinski definition) is 0. The molecule has 0 atom stereocenters. The minimum absolute atomic E-state index is 0.118. The van der Waals surface area contributed by atoms with Crippen LogP contribution in [-0.4, -0.2) is 23.4 Å². The molecule has 0 aromatic heterocycles. The summed E-state index contributed by atoms with van der Waals surface area (Å²) in [6.07, 6.45) is 0. The maximum atomic E-state index is 12.2. The third-order valence-corrected chi connectivity index (χ3v) is 4.23. The van der Waals surface area contributed by atoms with Crippen molar-refractivity contribution in [2.75, 3.05) is 6.73 Å². The molecular weight excluding hydrogens is 402 g/mol. The summed E-state index contributed by atoms with van der Waals surface area (Å²) in [6, 6.07) is 12.2. The van der Waals surface area contributed by atoms with Gasteiger partial charge in [-0.05, 0) is 46.3 Å². The van der Waals surface area contributed by atoms with Crippen molar-refractivity contribution in [1.82, 2.24) is 4.90 Å². The molecule has 4 nitrogen and oxygen atoms in total. The molecule has 1 aliphatic heterocycles. The Bertz CT molecular complexity index is 710. The summed E-state index contributed by atoms with van der Waals surface area (Å²) in [5.74, 6) is -0.0950. The molecule has 0 spiro atoms. The van der Waals surface area contributed by atoms with Gasteiger partial charge in [0.2, 0.25) is 0 Å². The monoisotopic (exact) mass is 409 g/mol. The minimum atomic E-state index is -0.330. The van der Waals surface area contributed by atoms with Crippen LogP contribution in [0, 0.1) is 0 Å². The first-order chi connectivity index (χ1) is 10.1. The van der Waals surface area contributed by atoms with Crippen molar-refractivity contribution in [3.8, 4) is 5.75 Å².